The summed E-state index contributed by atoms with van der Waals surface area (Å²) < 4.78 is 26.5. The molecular weight excluding hydrogens is 605 g/mol. The number of nitrogens with one attached hydrogen (secondary N) is 1. The molecule has 4 rings (SSSR count). The molecule has 0 heterocycles. The molecule has 0 aliphatic heterocycles. The third-order valence-electron chi connectivity index (χ3n) is 7.76. The summed E-state index contributed by atoms with van der Waals surface area (Å²) in [5, 5.41) is 4.00. The van der Waals surface area contributed by atoms with Crippen molar-refractivity contribution >= 4 is 50.7 Å². The van der Waals surface area contributed by atoms with Crippen LogP contribution in [0, 0.1) is 0 Å². The van der Waals surface area contributed by atoms with E-state index in [2.05, 4.69) is 5.32 Å². The Morgan fingerprint density at radius 1 is 0.884 bits per heavy atom. The summed E-state index contributed by atoms with van der Waals surface area (Å²) in [7, 11) is -3.56. The predicted octanol–water partition coefficient (Wildman–Crippen LogP) is 6.63. The molecule has 1 aliphatic rings. The van der Waals surface area contributed by atoms with Gasteiger partial charge in [0, 0.05) is 32.0 Å². The maximum Gasteiger partial charge on any atom is 0.243 e. The number of benzene rings is 3. The molecule has 43 heavy (non-hydrogen) atoms. The molecule has 1 atom stereocenters. The summed E-state index contributed by atoms with van der Waals surface area (Å²) in [6.07, 6.45) is 6.97. The first-order valence-electron chi connectivity index (χ1n) is 14.7. The molecule has 1 fully saturated rings. The van der Waals surface area contributed by atoms with Gasteiger partial charge in [-0.05, 0) is 54.7 Å². The van der Waals surface area contributed by atoms with Crippen LogP contribution in [-0.2, 0) is 32.6 Å². The first-order chi connectivity index (χ1) is 20.6. The van der Waals surface area contributed by atoms with E-state index in [9.17, 15) is 18.0 Å². The van der Waals surface area contributed by atoms with Gasteiger partial charge in [-0.3, -0.25) is 13.9 Å². The molecule has 0 aromatic heterocycles. The lowest BCUT2D eigenvalue weighted by molar-refractivity contribution is -0.141. The van der Waals surface area contributed by atoms with Crippen molar-refractivity contribution < 1.29 is 18.0 Å². The van der Waals surface area contributed by atoms with Crippen LogP contribution in [-0.4, -0.2) is 50.0 Å². The largest absolute Gasteiger partial charge is 0.352 e. The molecule has 3 aromatic rings. The van der Waals surface area contributed by atoms with Gasteiger partial charge in [-0.15, -0.1) is 0 Å². The Morgan fingerprint density at radius 3 is 2.16 bits per heavy atom. The SMILES string of the molecule is CS(=O)(=O)N(CCCC(=O)N(Cc1ccc(Cl)c(Cl)c1)[C@H](Cc1ccccc1)C(=O)NC1CCCCC1)c1ccccc1. The summed E-state index contributed by atoms with van der Waals surface area (Å²) in [5.41, 5.74) is 2.22. The Kier molecular flexibility index (Phi) is 11.9. The van der Waals surface area contributed by atoms with Crippen LogP contribution >= 0.6 is 23.2 Å². The normalized spacial score (nSPS) is 14.6. The summed E-state index contributed by atoms with van der Waals surface area (Å²) in [6, 6.07) is 23.0. The van der Waals surface area contributed by atoms with Gasteiger partial charge in [0.2, 0.25) is 21.8 Å². The maximum absolute atomic E-state index is 14.0. The van der Waals surface area contributed by atoms with E-state index in [1.54, 1.807) is 47.4 Å². The highest BCUT2D eigenvalue weighted by Gasteiger charge is 2.32. The highest BCUT2D eigenvalue weighted by molar-refractivity contribution is 7.92. The van der Waals surface area contributed by atoms with Crippen molar-refractivity contribution in [2.24, 2.45) is 0 Å². The summed E-state index contributed by atoms with van der Waals surface area (Å²) in [4.78, 5) is 29.6. The first kappa shape index (κ1) is 32.8. The number of nitrogens with zero attached hydrogens (tertiary/aromatic N) is 2. The Labute approximate surface area is 265 Å². The maximum atomic E-state index is 14.0. The van der Waals surface area contributed by atoms with E-state index in [-0.39, 0.29) is 43.8 Å². The van der Waals surface area contributed by atoms with Crippen molar-refractivity contribution in [2.75, 3.05) is 17.1 Å². The number of para-hydroxylation sites is 1. The molecule has 0 saturated heterocycles. The third-order valence-corrected chi connectivity index (χ3v) is 9.69. The summed E-state index contributed by atoms with van der Waals surface area (Å²) >= 11 is 12.5. The first-order valence-corrected chi connectivity index (χ1v) is 17.3. The van der Waals surface area contributed by atoms with Crippen molar-refractivity contribution in [2.45, 2.75) is 70.0 Å². The minimum absolute atomic E-state index is 0.0577. The Bertz CT molecular complexity index is 1470. The highest BCUT2D eigenvalue weighted by atomic mass is 35.5. The van der Waals surface area contributed by atoms with Gasteiger partial charge in [-0.1, -0.05) is 97.1 Å². The van der Waals surface area contributed by atoms with Crippen molar-refractivity contribution in [3.63, 3.8) is 0 Å². The number of anilines is 1. The van der Waals surface area contributed by atoms with Crippen LogP contribution in [0.2, 0.25) is 10.0 Å². The molecule has 230 valence electrons. The van der Waals surface area contributed by atoms with E-state index in [4.69, 9.17) is 23.2 Å². The van der Waals surface area contributed by atoms with Crippen molar-refractivity contribution in [1.82, 2.24) is 10.2 Å². The van der Waals surface area contributed by atoms with Crippen LogP contribution < -0.4 is 9.62 Å². The number of halogens is 2. The van der Waals surface area contributed by atoms with Gasteiger partial charge in [0.25, 0.3) is 0 Å². The second-order valence-electron chi connectivity index (χ2n) is 11.1. The Morgan fingerprint density at radius 2 is 1.53 bits per heavy atom. The summed E-state index contributed by atoms with van der Waals surface area (Å²) in [5.74, 6) is -0.432. The van der Waals surface area contributed by atoms with Gasteiger partial charge < -0.3 is 10.2 Å². The van der Waals surface area contributed by atoms with E-state index in [1.807, 2.05) is 36.4 Å². The lowest BCUT2D eigenvalue weighted by atomic mass is 9.94. The monoisotopic (exact) mass is 643 g/mol. The number of amides is 2. The fourth-order valence-electron chi connectivity index (χ4n) is 5.53. The topological polar surface area (TPSA) is 86.8 Å². The van der Waals surface area contributed by atoms with Crippen LogP contribution in [0.15, 0.2) is 78.9 Å². The van der Waals surface area contributed by atoms with E-state index in [0.717, 1.165) is 49.5 Å². The molecule has 2 amide bonds. The van der Waals surface area contributed by atoms with E-state index >= 15 is 0 Å². The Hall–Kier alpha value is -3.07. The molecule has 1 aliphatic carbocycles. The minimum Gasteiger partial charge on any atom is -0.352 e. The molecular formula is C33H39Cl2N3O4S. The molecule has 10 heteroatoms. The lowest BCUT2D eigenvalue weighted by Gasteiger charge is -2.34. The fraction of sp³-hybridized carbons (Fsp3) is 0.394. The average molecular weight is 645 g/mol. The van der Waals surface area contributed by atoms with Crippen LogP contribution in [0.25, 0.3) is 0 Å². The molecule has 7 nitrogen and oxygen atoms in total. The van der Waals surface area contributed by atoms with Crippen molar-refractivity contribution in [1.29, 1.82) is 0 Å². The standard InChI is InChI=1S/C33H39Cl2N3O4S/c1-43(41,42)38(28-16-9-4-10-17-28)21-11-18-32(39)37(24-26-19-20-29(34)30(35)22-26)31(23-25-12-5-2-6-13-25)33(40)36-27-14-7-3-8-15-27/h2,4-6,9-10,12-13,16-17,19-20,22,27,31H,3,7-8,11,14-15,18,21,23-24H2,1H3,(H,36,40)/t31-/m1/s1. The summed E-state index contributed by atoms with van der Waals surface area (Å²) in [6.45, 7) is 0.284. The number of carbonyl (C=O) groups excluding carboxylic acids is 2. The smallest absolute Gasteiger partial charge is 0.243 e. The number of hydrogen-bond acceptors (Lipinski definition) is 4. The van der Waals surface area contributed by atoms with E-state index in [0.29, 0.717) is 22.2 Å². The van der Waals surface area contributed by atoms with Crippen LogP contribution in [0.5, 0.6) is 0 Å². The molecule has 1 N–H and O–H groups in total. The van der Waals surface area contributed by atoms with Crippen LogP contribution in [0.3, 0.4) is 0 Å². The second kappa shape index (κ2) is 15.6. The van der Waals surface area contributed by atoms with Crippen molar-refractivity contribution in [3.05, 3.63) is 100 Å². The molecule has 0 spiro atoms. The molecule has 3 aromatic carbocycles. The zero-order valence-electron chi connectivity index (χ0n) is 24.4. The van der Waals surface area contributed by atoms with E-state index in [1.165, 1.54) is 4.31 Å². The second-order valence-corrected chi connectivity index (χ2v) is 13.8. The predicted molar refractivity (Wildman–Crippen MR) is 174 cm³/mol. The Balaban J connectivity index is 1.60. The molecule has 0 bridgehead atoms. The van der Waals surface area contributed by atoms with Crippen LogP contribution in [0.4, 0.5) is 5.69 Å². The van der Waals surface area contributed by atoms with Gasteiger partial charge in [0.05, 0.1) is 22.0 Å². The fourth-order valence-corrected chi connectivity index (χ4v) is 6.82. The third kappa shape index (κ3) is 9.71. The van der Waals surface area contributed by atoms with Gasteiger partial charge >= 0.3 is 0 Å². The minimum atomic E-state index is -3.56. The highest BCUT2D eigenvalue weighted by Crippen LogP contribution is 2.26. The zero-order chi connectivity index (χ0) is 30.8. The van der Waals surface area contributed by atoms with Crippen LogP contribution in [0.1, 0.15) is 56.1 Å². The van der Waals surface area contributed by atoms with Gasteiger partial charge in [-0.25, -0.2) is 8.42 Å². The number of carbonyl (C=O) groups is 2. The number of rotatable bonds is 13. The lowest BCUT2D eigenvalue weighted by Crippen LogP contribution is -2.52. The average Bonchev–Trinajstić information content (AvgIpc) is 2.99. The van der Waals surface area contributed by atoms with Gasteiger partial charge in [0.15, 0.2) is 0 Å². The number of hydrogen-bond donors (Lipinski definition) is 1. The van der Waals surface area contributed by atoms with Crippen molar-refractivity contribution in [3.8, 4) is 0 Å². The molecule has 0 radical (unpaired) electrons. The molecule has 0 unspecified atom stereocenters. The van der Waals surface area contributed by atoms with Gasteiger partial charge in [-0.2, -0.15) is 0 Å². The van der Waals surface area contributed by atoms with Gasteiger partial charge in [0.1, 0.15) is 6.04 Å². The molecule has 1 saturated carbocycles. The number of sulfonamides is 1. The zero-order valence-corrected chi connectivity index (χ0v) is 26.8. The quantitative estimate of drug-likeness (QED) is 0.227. The van der Waals surface area contributed by atoms with E-state index < -0.39 is 16.1 Å².